The number of ether oxygens (including phenoxy) is 1. The van der Waals surface area contributed by atoms with E-state index in [0.29, 0.717) is 12.0 Å². The Bertz CT molecular complexity index is 627. The van der Waals surface area contributed by atoms with Gasteiger partial charge in [-0.25, -0.2) is 0 Å². The van der Waals surface area contributed by atoms with Crippen molar-refractivity contribution in [3.63, 3.8) is 0 Å². The van der Waals surface area contributed by atoms with Gasteiger partial charge in [-0.3, -0.25) is 4.79 Å². The fraction of sp³-hybridized carbons (Fsp3) is 0.167. The van der Waals surface area contributed by atoms with Crippen molar-refractivity contribution in [3.8, 4) is 18.1 Å². The first-order valence-electron chi connectivity index (χ1n) is 6.68. The molecule has 2 rings (SSSR count). The van der Waals surface area contributed by atoms with Crippen molar-refractivity contribution in [2.45, 2.75) is 12.5 Å². The van der Waals surface area contributed by atoms with Gasteiger partial charge in [0, 0.05) is 12.0 Å². The van der Waals surface area contributed by atoms with Crippen LogP contribution in [0.1, 0.15) is 28.4 Å². The molecule has 0 spiro atoms. The third-order valence-corrected chi connectivity index (χ3v) is 3.18. The van der Waals surface area contributed by atoms with E-state index in [2.05, 4.69) is 11.2 Å². The normalized spacial score (nSPS) is 11.2. The largest absolute Gasteiger partial charge is 0.497 e. The maximum Gasteiger partial charge on any atom is 0.251 e. The van der Waals surface area contributed by atoms with Crippen molar-refractivity contribution in [2.75, 3.05) is 7.11 Å². The van der Waals surface area contributed by atoms with E-state index >= 15 is 0 Å². The summed E-state index contributed by atoms with van der Waals surface area (Å²) in [6, 6.07) is 16.5. The minimum atomic E-state index is -0.189. The van der Waals surface area contributed by atoms with E-state index in [-0.39, 0.29) is 11.9 Å². The number of rotatable bonds is 5. The van der Waals surface area contributed by atoms with Crippen LogP contribution in [0, 0.1) is 12.3 Å². The van der Waals surface area contributed by atoms with Crippen molar-refractivity contribution in [1.29, 1.82) is 0 Å². The molecule has 0 heterocycles. The molecular formula is C18H17NO2. The Labute approximate surface area is 125 Å². The second-order valence-corrected chi connectivity index (χ2v) is 4.57. The minimum absolute atomic E-state index is 0.151. The lowest BCUT2D eigenvalue weighted by atomic mass is 10.0. The Morgan fingerprint density at radius 2 is 1.86 bits per heavy atom. The molecule has 0 saturated carbocycles. The standard InChI is InChI=1S/C18H17NO2/c1-3-7-17(14-8-5-4-6-9-14)19-18(20)15-10-12-16(21-2)13-11-15/h1,4-6,8-13,17H,7H2,2H3,(H,19,20)/t17-/m1/s1. The number of carbonyl (C=O) groups is 1. The number of carbonyl (C=O) groups excluding carboxylic acids is 1. The molecule has 3 nitrogen and oxygen atoms in total. The Hall–Kier alpha value is -2.73. The van der Waals surface area contributed by atoms with Crippen LogP contribution in [0.2, 0.25) is 0 Å². The summed E-state index contributed by atoms with van der Waals surface area (Å²) in [6.07, 6.45) is 5.85. The number of benzene rings is 2. The van der Waals surface area contributed by atoms with Gasteiger partial charge in [-0.2, -0.15) is 0 Å². The van der Waals surface area contributed by atoms with Gasteiger partial charge in [0.05, 0.1) is 13.2 Å². The van der Waals surface area contributed by atoms with Crippen LogP contribution < -0.4 is 10.1 Å². The first kappa shape index (κ1) is 14.7. The van der Waals surface area contributed by atoms with Crippen LogP contribution in [0.25, 0.3) is 0 Å². The van der Waals surface area contributed by atoms with Crippen LogP contribution in [-0.4, -0.2) is 13.0 Å². The van der Waals surface area contributed by atoms with E-state index in [9.17, 15) is 4.79 Å². The van der Waals surface area contributed by atoms with Crippen molar-refractivity contribution < 1.29 is 9.53 Å². The molecule has 1 atom stereocenters. The molecule has 2 aromatic carbocycles. The summed E-state index contributed by atoms with van der Waals surface area (Å²) in [5.41, 5.74) is 1.58. The van der Waals surface area contributed by atoms with Gasteiger partial charge >= 0.3 is 0 Å². The van der Waals surface area contributed by atoms with Gasteiger partial charge in [0.2, 0.25) is 0 Å². The topological polar surface area (TPSA) is 38.3 Å². The Kier molecular flexibility index (Phi) is 5.00. The molecule has 1 N–H and O–H groups in total. The molecule has 0 aliphatic rings. The lowest BCUT2D eigenvalue weighted by molar-refractivity contribution is 0.0937. The average Bonchev–Trinajstić information content (AvgIpc) is 2.55. The predicted octanol–water partition coefficient (Wildman–Crippen LogP) is 3.19. The fourth-order valence-electron chi connectivity index (χ4n) is 2.04. The SMILES string of the molecule is C#CC[C@@H](NC(=O)c1ccc(OC)cc1)c1ccccc1. The van der Waals surface area contributed by atoms with Crippen LogP contribution in [0.3, 0.4) is 0 Å². The number of terminal acetylenes is 1. The molecule has 0 aliphatic heterocycles. The zero-order chi connectivity index (χ0) is 15.1. The van der Waals surface area contributed by atoms with Gasteiger partial charge in [0.1, 0.15) is 5.75 Å². The number of nitrogens with one attached hydrogen (secondary N) is 1. The van der Waals surface area contributed by atoms with E-state index in [1.54, 1.807) is 31.4 Å². The van der Waals surface area contributed by atoms with E-state index in [4.69, 9.17) is 11.2 Å². The summed E-state index contributed by atoms with van der Waals surface area (Å²) >= 11 is 0. The number of methoxy groups -OCH3 is 1. The van der Waals surface area contributed by atoms with Gasteiger partial charge in [0.15, 0.2) is 0 Å². The van der Waals surface area contributed by atoms with Crippen LogP contribution in [0.4, 0.5) is 0 Å². The average molecular weight is 279 g/mol. The zero-order valence-electron chi connectivity index (χ0n) is 11.9. The van der Waals surface area contributed by atoms with Crippen LogP contribution in [0.15, 0.2) is 54.6 Å². The first-order chi connectivity index (χ1) is 10.2. The summed E-state index contributed by atoms with van der Waals surface area (Å²) in [5.74, 6) is 3.17. The highest BCUT2D eigenvalue weighted by Crippen LogP contribution is 2.17. The third kappa shape index (κ3) is 3.87. The molecule has 0 fully saturated rings. The van der Waals surface area contributed by atoms with Crippen molar-refractivity contribution >= 4 is 5.91 Å². The zero-order valence-corrected chi connectivity index (χ0v) is 11.9. The van der Waals surface area contributed by atoms with Gasteiger partial charge in [-0.15, -0.1) is 12.3 Å². The molecule has 0 saturated heterocycles. The maximum atomic E-state index is 12.3. The molecule has 0 bridgehead atoms. The van der Waals surface area contributed by atoms with E-state index in [1.807, 2.05) is 30.3 Å². The predicted molar refractivity (Wildman–Crippen MR) is 83.1 cm³/mol. The highest BCUT2D eigenvalue weighted by atomic mass is 16.5. The van der Waals surface area contributed by atoms with Gasteiger partial charge in [-0.1, -0.05) is 30.3 Å². The molecule has 1 amide bonds. The highest BCUT2D eigenvalue weighted by molar-refractivity contribution is 5.94. The second kappa shape index (κ2) is 7.16. The van der Waals surface area contributed by atoms with E-state index < -0.39 is 0 Å². The number of hydrogen-bond donors (Lipinski definition) is 1. The van der Waals surface area contributed by atoms with Crippen LogP contribution in [0.5, 0.6) is 5.75 Å². The molecule has 2 aromatic rings. The molecular weight excluding hydrogens is 262 g/mol. The summed E-state index contributed by atoms with van der Waals surface area (Å²) in [7, 11) is 1.59. The molecule has 0 aliphatic carbocycles. The second-order valence-electron chi connectivity index (χ2n) is 4.57. The third-order valence-electron chi connectivity index (χ3n) is 3.18. The number of hydrogen-bond acceptors (Lipinski definition) is 2. The molecule has 0 radical (unpaired) electrons. The van der Waals surface area contributed by atoms with Crippen LogP contribution in [-0.2, 0) is 0 Å². The molecule has 0 unspecified atom stereocenters. The first-order valence-corrected chi connectivity index (χ1v) is 6.68. The molecule has 0 aromatic heterocycles. The maximum absolute atomic E-state index is 12.3. The molecule has 21 heavy (non-hydrogen) atoms. The molecule has 3 heteroatoms. The van der Waals surface area contributed by atoms with Crippen molar-refractivity contribution in [1.82, 2.24) is 5.32 Å². The lowest BCUT2D eigenvalue weighted by Crippen LogP contribution is -2.28. The minimum Gasteiger partial charge on any atom is -0.497 e. The van der Waals surface area contributed by atoms with E-state index in [0.717, 1.165) is 11.3 Å². The Balaban J connectivity index is 2.13. The van der Waals surface area contributed by atoms with Crippen molar-refractivity contribution in [2.24, 2.45) is 0 Å². The summed E-state index contributed by atoms with van der Waals surface area (Å²) in [5, 5.41) is 2.97. The summed E-state index contributed by atoms with van der Waals surface area (Å²) in [4.78, 5) is 12.3. The highest BCUT2D eigenvalue weighted by Gasteiger charge is 2.14. The fourth-order valence-corrected chi connectivity index (χ4v) is 2.04. The Morgan fingerprint density at radius 1 is 1.19 bits per heavy atom. The smallest absolute Gasteiger partial charge is 0.251 e. The summed E-state index contributed by atoms with van der Waals surface area (Å²) in [6.45, 7) is 0. The quantitative estimate of drug-likeness (QED) is 0.854. The lowest BCUT2D eigenvalue weighted by Gasteiger charge is -2.17. The monoisotopic (exact) mass is 279 g/mol. The van der Waals surface area contributed by atoms with Crippen LogP contribution >= 0.6 is 0 Å². The molecule has 106 valence electrons. The summed E-state index contributed by atoms with van der Waals surface area (Å²) < 4.78 is 5.08. The van der Waals surface area contributed by atoms with Crippen molar-refractivity contribution in [3.05, 3.63) is 65.7 Å². The number of amides is 1. The van der Waals surface area contributed by atoms with Gasteiger partial charge in [-0.05, 0) is 29.8 Å². The Morgan fingerprint density at radius 3 is 2.43 bits per heavy atom. The van der Waals surface area contributed by atoms with Gasteiger partial charge < -0.3 is 10.1 Å². The van der Waals surface area contributed by atoms with Gasteiger partial charge in [0.25, 0.3) is 5.91 Å². The van der Waals surface area contributed by atoms with E-state index in [1.165, 1.54) is 0 Å².